The average molecular weight is 496 g/mol. The van der Waals surface area contributed by atoms with E-state index >= 15 is 0 Å². The Morgan fingerprint density at radius 2 is 2.14 bits per heavy atom. The van der Waals surface area contributed by atoms with Gasteiger partial charge in [0.05, 0.1) is 36.8 Å². The van der Waals surface area contributed by atoms with Gasteiger partial charge in [-0.1, -0.05) is 12.1 Å². The molecule has 0 fully saturated rings. The topological polar surface area (TPSA) is 106 Å². The molecule has 186 valence electrons. The van der Waals surface area contributed by atoms with E-state index in [4.69, 9.17) is 9.15 Å². The molecule has 1 aliphatic rings. The predicted octanol–water partition coefficient (Wildman–Crippen LogP) is 4.20. The highest BCUT2D eigenvalue weighted by molar-refractivity contribution is 5.88. The van der Waals surface area contributed by atoms with Crippen molar-refractivity contribution in [2.24, 2.45) is 0 Å². The van der Waals surface area contributed by atoms with E-state index in [1.165, 1.54) is 12.0 Å². The van der Waals surface area contributed by atoms with Crippen LogP contribution in [0, 0.1) is 0 Å². The van der Waals surface area contributed by atoms with Gasteiger partial charge in [0, 0.05) is 42.7 Å². The highest BCUT2D eigenvalue weighted by atomic mass is 16.5. The van der Waals surface area contributed by atoms with Crippen LogP contribution in [0.3, 0.4) is 0 Å². The quantitative estimate of drug-likeness (QED) is 0.378. The number of methoxy groups -OCH3 is 1. The molecule has 3 heterocycles. The van der Waals surface area contributed by atoms with Crippen molar-refractivity contribution in [1.29, 1.82) is 0 Å². The lowest BCUT2D eigenvalue weighted by molar-refractivity contribution is -0.132. The van der Waals surface area contributed by atoms with E-state index in [1.54, 1.807) is 54.8 Å². The van der Waals surface area contributed by atoms with E-state index in [2.05, 4.69) is 27.1 Å². The number of nitrogens with one attached hydrogen (secondary N) is 1. The Balaban J connectivity index is 1.35. The van der Waals surface area contributed by atoms with Gasteiger partial charge in [0.15, 0.2) is 17.6 Å². The predicted molar refractivity (Wildman–Crippen MR) is 138 cm³/mol. The van der Waals surface area contributed by atoms with Crippen LogP contribution in [-0.4, -0.2) is 44.5 Å². The summed E-state index contributed by atoms with van der Waals surface area (Å²) in [5.41, 5.74) is 5.13. The highest BCUT2D eigenvalue weighted by Crippen LogP contribution is 2.38. The molecule has 9 heteroatoms. The molecule has 9 nitrogen and oxygen atoms in total. The summed E-state index contributed by atoms with van der Waals surface area (Å²) in [7, 11) is 3.43. The Bertz CT molecular complexity index is 1650. The van der Waals surface area contributed by atoms with Gasteiger partial charge in [-0.2, -0.15) is 0 Å². The summed E-state index contributed by atoms with van der Waals surface area (Å²) in [4.78, 5) is 39.3. The second-order valence-electron chi connectivity index (χ2n) is 9.22. The van der Waals surface area contributed by atoms with Crippen LogP contribution in [0.2, 0.25) is 0 Å². The number of benzene rings is 2. The molecule has 1 unspecified atom stereocenters. The average Bonchev–Trinajstić information content (AvgIpc) is 3.69. The van der Waals surface area contributed by atoms with Crippen LogP contribution in [0.15, 0.2) is 76.9 Å². The van der Waals surface area contributed by atoms with Crippen LogP contribution in [0.25, 0.3) is 33.5 Å². The smallest absolute Gasteiger partial charge is 0.242 e. The van der Waals surface area contributed by atoms with Gasteiger partial charge in [-0.15, -0.1) is 0 Å². The third kappa shape index (κ3) is 4.08. The number of ether oxygens (including phenoxy) is 1. The first-order chi connectivity index (χ1) is 18.0. The summed E-state index contributed by atoms with van der Waals surface area (Å²) < 4.78 is 12.8. The molecule has 0 spiro atoms. The van der Waals surface area contributed by atoms with Crippen LogP contribution in [0.1, 0.15) is 23.6 Å². The van der Waals surface area contributed by atoms with E-state index in [0.29, 0.717) is 33.7 Å². The van der Waals surface area contributed by atoms with Gasteiger partial charge in [0.25, 0.3) is 0 Å². The van der Waals surface area contributed by atoms with Crippen LogP contribution >= 0.6 is 0 Å². The molecule has 0 saturated carbocycles. The Morgan fingerprint density at radius 1 is 1.24 bits per heavy atom. The second-order valence-corrected chi connectivity index (χ2v) is 9.22. The Morgan fingerprint density at radius 3 is 2.89 bits per heavy atom. The van der Waals surface area contributed by atoms with Crippen LogP contribution in [0.4, 0.5) is 0 Å². The third-order valence-electron chi connectivity index (χ3n) is 7.09. The maximum absolute atomic E-state index is 13.2. The number of carbonyl (C=O) groups excluding carboxylic acids is 1. The molecule has 0 radical (unpaired) electrons. The summed E-state index contributed by atoms with van der Waals surface area (Å²) >= 11 is 0. The number of oxazole rings is 1. The monoisotopic (exact) mass is 495 g/mol. The number of rotatable bonds is 6. The number of hydrogen-bond acceptors (Lipinski definition) is 6. The number of fused-ring (bicyclic) bond motifs is 2. The fraction of sp³-hybridized carbons (Fsp3) is 0.214. The number of pyridine rings is 1. The molecule has 1 atom stereocenters. The van der Waals surface area contributed by atoms with Crippen molar-refractivity contribution in [2.75, 3.05) is 14.2 Å². The van der Waals surface area contributed by atoms with Gasteiger partial charge < -0.3 is 23.6 Å². The number of amides is 1. The zero-order valence-corrected chi connectivity index (χ0v) is 20.5. The van der Waals surface area contributed by atoms with Gasteiger partial charge in [-0.3, -0.25) is 9.59 Å². The van der Waals surface area contributed by atoms with E-state index < -0.39 is 0 Å². The van der Waals surface area contributed by atoms with E-state index in [0.717, 1.165) is 24.0 Å². The number of nitrogens with zero attached hydrogens (tertiary/aromatic N) is 4. The number of imidazole rings is 1. The second kappa shape index (κ2) is 9.09. The molecule has 1 aliphatic carbocycles. The molecule has 2 aromatic carbocycles. The molecule has 37 heavy (non-hydrogen) atoms. The minimum Gasteiger partial charge on any atom is -0.496 e. The van der Waals surface area contributed by atoms with Gasteiger partial charge in [-0.05, 0) is 41.7 Å². The first kappa shape index (κ1) is 22.8. The Labute approximate surface area is 212 Å². The minimum absolute atomic E-state index is 0.0232. The number of aromatic nitrogens is 4. The molecule has 1 N–H and O–H groups in total. The first-order valence-corrected chi connectivity index (χ1v) is 12.0. The van der Waals surface area contributed by atoms with Crippen LogP contribution in [0.5, 0.6) is 5.75 Å². The van der Waals surface area contributed by atoms with Crippen molar-refractivity contribution < 1.29 is 13.9 Å². The van der Waals surface area contributed by atoms with Crippen molar-refractivity contribution in [3.63, 3.8) is 0 Å². The standard InChI is InChI=1S/C28H25N5O4/c1-32(28(35)14-33-8-7-29-15-33)24-6-5-17-3-4-18(9-19(17)24)22-11-25(34)20-10-21(27-13-30-16-37-27)26(36-2)12-23(20)31-22/h3-4,7-13,15-16,24H,5-6,14H2,1-2H3,(H,31,34). The zero-order chi connectivity index (χ0) is 25.5. The van der Waals surface area contributed by atoms with Gasteiger partial charge >= 0.3 is 0 Å². The summed E-state index contributed by atoms with van der Waals surface area (Å²) in [5, 5.41) is 0.528. The fourth-order valence-corrected chi connectivity index (χ4v) is 5.11. The fourth-order valence-electron chi connectivity index (χ4n) is 5.11. The lowest BCUT2D eigenvalue weighted by Gasteiger charge is -2.26. The van der Waals surface area contributed by atoms with Crippen molar-refractivity contribution in [3.05, 3.63) is 89.1 Å². The number of likely N-dealkylation sites (N-methyl/N-ethyl adjacent to an activating group) is 1. The lowest BCUT2D eigenvalue weighted by atomic mass is 10.0. The lowest BCUT2D eigenvalue weighted by Crippen LogP contribution is -2.32. The van der Waals surface area contributed by atoms with Crippen molar-refractivity contribution in [2.45, 2.75) is 25.4 Å². The van der Waals surface area contributed by atoms with E-state index in [1.807, 2.05) is 18.0 Å². The number of hydrogen-bond donors (Lipinski definition) is 1. The first-order valence-electron chi connectivity index (χ1n) is 12.0. The third-order valence-corrected chi connectivity index (χ3v) is 7.09. The highest BCUT2D eigenvalue weighted by Gasteiger charge is 2.29. The molecule has 6 rings (SSSR count). The molecule has 5 aromatic rings. The molecular weight excluding hydrogens is 470 g/mol. The molecule has 0 saturated heterocycles. The SMILES string of the molecule is COc1cc2[nH]c(-c3ccc4c(c3)C(N(C)C(=O)Cn3ccnc3)CC4)cc(=O)c2cc1-c1cnco1. The summed E-state index contributed by atoms with van der Waals surface area (Å²) in [6.07, 6.45) is 9.79. The van der Waals surface area contributed by atoms with E-state index in [-0.39, 0.29) is 23.9 Å². The Hall–Kier alpha value is -4.66. The van der Waals surface area contributed by atoms with Crippen LogP contribution in [-0.2, 0) is 17.8 Å². The number of aromatic amines is 1. The number of H-pyrrole nitrogens is 1. The molecule has 3 aromatic heterocycles. The molecule has 0 aliphatic heterocycles. The largest absolute Gasteiger partial charge is 0.496 e. The van der Waals surface area contributed by atoms with Gasteiger partial charge in [0.1, 0.15) is 12.3 Å². The zero-order valence-electron chi connectivity index (χ0n) is 20.5. The van der Waals surface area contributed by atoms with Gasteiger partial charge in [-0.25, -0.2) is 9.97 Å². The van der Waals surface area contributed by atoms with Crippen LogP contribution < -0.4 is 10.2 Å². The summed E-state index contributed by atoms with van der Waals surface area (Å²) in [6.45, 7) is 0.248. The number of aryl methyl sites for hydroxylation is 1. The number of carbonyl (C=O) groups is 1. The van der Waals surface area contributed by atoms with Crippen molar-refractivity contribution in [3.8, 4) is 28.3 Å². The minimum atomic E-state index is -0.114. The molecule has 0 bridgehead atoms. The van der Waals surface area contributed by atoms with E-state index in [9.17, 15) is 9.59 Å². The van der Waals surface area contributed by atoms with Crippen molar-refractivity contribution >= 4 is 16.8 Å². The van der Waals surface area contributed by atoms with Gasteiger partial charge in [0.2, 0.25) is 5.91 Å². The van der Waals surface area contributed by atoms with Crippen molar-refractivity contribution in [1.82, 2.24) is 24.4 Å². The Kier molecular flexibility index (Phi) is 5.60. The molecular formula is C28H25N5O4. The maximum Gasteiger partial charge on any atom is 0.242 e. The molecule has 1 amide bonds. The normalized spacial score (nSPS) is 14.6. The maximum atomic E-state index is 13.2. The summed E-state index contributed by atoms with van der Waals surface area (Å²) in [5.74, 6) is 1.12. The summed E-state index contributed by atoms with van der Waals surface area (Å²) in [6, 6.07) is 11.3.